The van der Waals surface area contributed by atoms with E-state index in [4.69, 9.17) is 47.1 Å². The first-order valence-electron chi connectivity index (χ1n) is 28.9. The van der Waals surface area contributed by atoms with E-state index < -0.39 is 74.7 Å². The summed E-state index contributed by atoms with van der Waals surface area (Å²) in [4.78, 5) is 3.53. The van der Waals surface area contributed by atoms with E-state index in [1.165, 1.54) is 0 Å². The SMILES string of the molecule is CC(C)(C)[Si](O[C@@H]1O[C@H](COCc2ccccc2)[C@@H](O[C@@H]2O[C@H](COCc3ccccc3)[C@H](OCc3ccccc3)[C@H](OCc3ccccc3)[C@H]2OCc2ccccc2)[C@H](OCc2ccccc2)[C@H]1N=[N+]=[N-])(c1ccccc1)c1ccccc1. The van der Waals surface area contributed by atoms with Gasteiger partial charge in [0.1, 0.15) is 48.8 Å². The Balaban J connectivity index is 1.10. The Morgan fingerprint density at radius 3 is 1.10 bits per heavy atom. The molecule has 0 aliphatic carbocycles. The number of ether oxygens (including phenoxy) is 9. The topological polar surface area (TPSA) is 141 Å². The molecule has 0 N–H and O–H groups in total. The van der Waals surface area contributed by atoms with Crippen molar-refractivity contribution in [3.8, 4) is 0 Å². The van der Waals surface area contributed by atoms with E-state index in [9.17, 15) is 5.53 Å². The van der Waals surface area contributed by atoms with E-state index in [1.807, 2.05) is 218 Å². The Morgan fingerprint density at radius 1 is 0.393 bits per heavy atom. The third-order valence-corrected chi connectivity index (χ3v) is 20.3. The molecule has 0 saturated carbocycles. The fourth-order valence-electron chi connectivity index (χ4n) is 11.2. The first kappa shape index (κ1) is 60.0. The molecule has 2 aliphatic rings. The fourth-order valence-corrected chi connectivity index (χ4v) is 15.7. The molecule has 0 bridgehead atoms. The second-order valence-electron chi connectivity index (χ2n) is 22.2. The van der Waals surface area contributed by atoms with Gasteiger partial charge in [-0.2, -0.15) is 0 Å². The van der Waals surface area contributed by atoms with Crippen LogP contribution in [0.1, 0.15) is 54.2 Å². The monoisotopic (exact) mass is 1150 g/mol. The van der Waals surface area contributed by atoms with Gasteiger partial charge in [0, 0.05) is 4.91 Å². The average molecular weight is 1150 g/mol. The van der Waals surface area contributed by atoms with Gasteiger partial charge >= 0.3 is 0 Å². The number of benzene rings is 8. The Labute approximate surface area is 495 Å². The standard InChI is InChI=1S/C70H75N3O10Si/c1-70(2,3)84(58-40-24-10-25-41-58,59-42-26-11-27-43-59)83-68-62(72-73-71)65(77-47-55-34-18-7-19-35-55)64(61(80-68)51-75-45-53-30-14-5-15-31-53)82-69-67(79-49-57-38-22-9-23-39-57)66(78-48-56-36-20-8-21-37-56)63(76-46-54-32-16-6-17-33-54)60(81-69)50-74-44-52-28-12-4-13-29-52/h4-43,60-69H,44-51H2,1-3H3/t60-,61-,62-,63+,64-,65-,66+,67-,68+,69+/m1/s1. The molecule has 2 saturated heterocycles. The van der Waals surface area contributed by atoms with E-state index >= 15 is 0 Å². The van der Waals surface area contributed by atoms with Gasteiger partial charge in [-0.15, -0.1) is 0 Å². The second-order valence-corrected chi connectivity index (χ2v) is 26.5. The predicted molar refractivity (Wildman–Crippen MR) is 326 cm³/mol. The lowest BCUT2D eigenvalue weighted by Gasteiger charge is -2.52. The summed E-state index contributed by atoms with van der Waals surface area (Å²) in [7, 11) is -3.42. The summed E-state index contributed by atoms with van der Waals surface area (Å²) in [6.45, 7) is 8.05. The van der Waals surface area contributed by atoms with Crippen molar-refractivity contribution in [1.29, 1.82) is 0 Å². The Kier molecular flexibility index (Phi) is 21.5. The highest BCUT2D eigenvalue weighted by Gasteiger charge is 2.58. The molecule has 2 heterocycles. The third-order valence-electron chi connectivity index (χ3n) is 15.3. The molecule has 14 heteroatoms. The van der Waals surface area contributed by atoms with Crippen LogP contribution in [0.25, 0.3) is 10.4 Å². The molecular weight excluding hydrogens is 1070 g/mol. The highest BCUT2D eigenvalue weighted by Crippen LogP contribution is 2.42. The van der Waals surface area contributed by atoms with Gasteiger partial charge in [-0.05, 0) is 54.3 Å². The Morgan fingerprint density at radius 2 is 0.714 bits per heavy atom. The van der Waals surface area contributed by atoms with Crippen molar-refractivity contribution in [2.75, 3.05) is 13.2 Å². The van der Waals surface area contributed by atoms with E-state index in [2.05, 4.69) is 55.1 Å². The lowest BCUT2D eigenvalue weighted by Crippen LogP contribution is -2.71. The minimum Gasteiger partial charge on any atom is -0.382 e. The molecule has 0 aromatic heterocycles. The summed E-state index contributed by atoms with van der Waals surface area (Å²) in [5.41, 5.74) is 16.5. The van der Waals surface area contributed by atoms with Crippen LogP contribution in [0.15, 0.2) is 248 Å². The zero-order valence-corrected chi connectivity index (χ0v) is 48.9. The van der Waals surface area contributed by atoms with Crippen LogP contribution in [0.3, 0.4) is 0 Å². The number of azide groups is 1. The molecule has 0 amide bonds. The van der Waals surface area contributed by atoms with Gasteiger partial charge in [-0.1, -0.05) is 269 Å². The molecule has 84 heavy (non-hydrogen) atoms. The van der Waals surface area contributed by atoms with Crippen LogP contribution < -0.4 is 10.4 Å². The Hall–Kier alpha value is -7.11. The van der Waals surface area contributed by atoms with Gasteiger partial charge in [0.25, 0.3) is 8.32 Å². The van der Waals surface area contributed by atoms with Crippen molar-refractivity contribution in [1.82, 2.24) is 0 Å². The van der Waals surface area contributed by atoms with Crippen molar-refractivity contribution in [3.63, 3.8) is 0 Å². The molecule has 10 atom stereocenters. The van der Waals surface area contributed by atoms with Crippen molar-refractivity contribution in [3.05, 3.63) is 286 Å². The van der Waals surface area contributed by atoms with Crippen molar-refractivity contribution in [2.45, 2.75) is 127 Å². The number of hydrogen-bond acceptors (Lipinski definition) is 11. The lowest BCUT2D eigenvalue weighted by molar-refractivity contribution is -0.361. The molecule has 8 aromatic carbocycles. The summed E-state index contributed by atoms with van der Waals surface area (Å²) in [5.74, 6) is 0. The van der Waals surface area contributed by atoms with Gasteiger partial charge in [0.2, 0.25) is 0 Å². The van der Waals surface area contributed by atoms with Gasteiger partial charge in [-0.25, -0.2) is 0 Å². The van der Waals surface area contributed by atoms with Crippen LogP contribution in [0.2, 0.25) is 5.04 Å². The summed E-state index contributed by atoms with van der Waals surface area (Å²) >= 11 is 0. The first-order chi connectivity index (χ1) is 41.3. The van der Waals surface area contributed by atoms with Gasteiger partial charge in [0.05, 0.1) is 52.9 Å². The fraction of sp³-hybridized carbons (Fsp3) is 0.314. The molecule has 13 nitrogen and oxygen atoms in total. The molecule has 0 radical (unpaired) electrons. The smallest absolute Gasteiger partial charge is 0.264 e. The quantitative estimate of drug-likeness (QED) is 0.0211. The zero-order chi connectivity index (χ0) is 57.8. The predicted octanol–water partition coefficient (Wildman–Crippen LogP) is 12.9. The lowest BCUT2D eigenvalue weighted by atomic mass is 9.95. The van der Waals surface area contributed by atoms with Crippen molar-refractivity contribution >= 4 is 18.7 Å². The van der Waals surface area contributed by atoms with Crippen LogP contribution in [-0.2, 0) is 86.7 Å². The second kappa shape index (κ2) is 30.1. The molecule has 2 fully saturated rings. The number of hydrogen-bond donors (Lipinski definition) is 0. The first-order valence-corrected chi connectivity index (χ1v) is 30.8. The van der Waals surface area contributed by atoms with Crippen LogP contribution in [0.5, 0.6) is 0 Å². The van der Waals surface area contributed by atoms with Gasteiger partial charge in [0.15, 0.2) is 12.6 Å². The maximum Gasteiger partial charge on any atom is 0.264 e. The highest BCUT2D eigenvalue weighted by atomic mass is 28.4. The van der Waals surface area contributed by atoms with E-state index in [1.54, 1.807) is 0 Å². The van der Waals surface area contributed by atoms with Crippen molar-refractivity contribution in [2.24, 2.45) is 5.11 Å². The maximum absolute atomic E-state index is 10.8. The minimum absolute atomic E-state index is 0.0109. The molecule has 8 aromatic rings. The summed E-state index contributed by atoms with van der Waals surface area (Å²) in [6, 6.07) is 79.4. The van der Waals surface area contributed by atoms with E-state index in [0.29, 0.717) is 6.61 Å². The number of rotatable bonds is 27. The Bertz CT molecular complexity index is 3170. The van der Waals surface area contributed by atoms with Crippen LogP contribution in [-0.4, -0.2) is 82.9 Å². The summed E-state index contributed by atoms with van der Waals surface area (Å²) < 4.78 is 72.1. The molecule has 434 valence electrons. The van der Waals surface area contributed by atoms with Gasteiger partial charge in [-0.3, -0.25) is 0 Å². The highest BCUT2D eigenvalue weighted by molar-refractivity contribution is 6.99. The molecular formula is C70H75N3O10Si. The molecule has 0 spiro atoms. The summed E-state index contributed by atoms with van der Waals surface area (Å²) in [6.07, 6.45) is -8.70. The maximum atomic E-state index is 10.8. The van der Waals surface area contributed by atoms with E-state index in [0.717, 1.165) is 43.8 Å². The largest absolute Gasteiger partial charge is 0.382 e. The van der Waals surface area contributed by atoms with E-state index in [-0.39, 0.29) is 46.2 Å². The number of nitrogens with zero attached hydrogens (tertiary/aromatic N) is 3. The van der Waals surface area contributed by atoms with Crippen LogP contribution in [0, 0.1) is 0 Å². The zero-order valence-electron chi connectivity index (χ0n) is 47.9. The average Bonchev–Trinajstić information content (AvgIpc) is 3.01. The van der Waals surface area contributed by atoms with Crippen LogP contribution in [0.4, 0.5) is 0 Å². The van der Waals surface area contributed by atoms with Gasteiger partial charge < -0.3 is 47.1 Å². The van der Waals surface area contributed by atoms with Crippen molar-refractivity contribution < 1.29 is 47.1 Å². The molecule has 10 rings (SSSR count). The third kappa shape index (κ3) is 15.6. The van der Waals surface area contributed by atoms with Crippen LogP contribution >= 0.6 is 0 Å². The minimum atomic E-state index is -3.42. The molecule has 0 unspecified atom stereocenters. The summed E-state index contributed by atoms with van der Waals surface area (Å²) in [5, 5.41) is 6.16. The molecule has 2 aliphatic heterocycles. The normalized spacial score (nSPS) is 22.7.